The van der Waals surface area contributed by atoms with Crippen LogP contribution in [0.3, 0.4) is 0 Å². The molecule has 86 heavy (non-hydrogen) atoms. The van der Waals surface area contributed by atoms with E-state index in [1.165, 1.54) is 93.4 Å². The van der Waals surface area contributed by atoms with Gasteiger partial charge < -0.3 is 44.2 Å². The number of carbonyl (C=O) groups excluding carboxylic acids is 1. The fourth-order valence-electron chi connectivity index (χ4n) is 8.09. The van der Waals surface area contributed by atoms with Gasteiger partial charge in [-0.25, -0.2) is 55.7 Å². The van der Waals surface area contributed by atoms with Crippen molar-refractivity contribution in [2.75, 3.05) is 64.8 Å². The van der Waals surface area contributed by atoms with Crippen molar-refractivity contribution in [3.05, 3.63) is 130 Å². The Kier molecular flexibility index (Phi) is 17.7. The molecule has 1 aliphatic rings. The number of nitrogens with one attached hydrogen (secondary N) is 3. The molecular formula is C52H47F6N13O13S2. The van der Waals surface area contributed by atoms with Crippen molar-refractivity contribution in [1.82, 2.24) is 54.2 Å². The van der Waals surface area contributed by atoms with Crippen molar-refractivity contribution in [1.29, 1.82) is 0 Å². The first-order chi connectivity index (χ1) is 40.6. The molecule has 2 aromatic carbocycles. The molecule has 1 aliphatic heterocycles. The Hall–Kier alpha value is -10.1. The summed E-state index contributed by atoms with van der Waals surface area (Å²) in [6.07, 6.45) is -3.41. The van der Waals surface area contributed by atoms with Crippen LogP contribution in [0.15, 0.2) is 96.4 Å². The van der Waals surface area contributed by atoms with Crippen LogP contribution in [0, 0.1) is 13.8 Å². The summed E-state index contributed by atoms with van der Waals surface area (Å²) in [5, 5.41) is 22.9. The average Bonchev–Trinajstić information content (AvgIpc) is 2.05. The Bertz CT molecular complexity index is 4150. The lowest BCUT2D eigenvalue weighted by atomic mass is 10.1. The van der Waals surface area contributed by atoms with Crippen molar-refractivity contribution in [3.8, 4) is 68.6 Å². The lowest BCUT2D eigenvalue weighted by Crippen LogP contribution is -2.32. The number of aromatic carboxylic acids is 1. The molecular weight excluding hydrogens is 1190 g/mol. The quantitative estimate of drug-likeness (QED) is 0.0597. The molecule has 0 fully saturated rings. The Labute approximate surface area is 483 Å². The van der Waals surface area contributed by atoms with E-state index >= 15 is 0 Å². The molecule has 452 valence electrons. The van der Waals surface area contributed by atoms with Crippen LogP contribution in [-0.4, -0.2) is 137 Å². The minimum Gasteiger partial charge on any atom is -0.497 e. The normalized spacial score (nSPS) is 12.9. The summed E-state index contributed by atoms with van der Waals surface area (Å²) in [5.41, 5.74) is -1.40. The number of hydrogen-bond acceptors (Lipinski definition) is 22. The summed E-state index contributed by atoms with van der Waals surface area (Å²) >= 11 is 0. The van der Waals surface area contributed by atoms with E-state index in [0.717, 1.165) is 27.6 Å². The zero-order valence-electron chi connectivity index (χ0n) is 46.0. The molecule has 0 radical (unpaired) electrons. The van der Waals surface area contributed by atoms with E-state index in [0.29, 0.717) is 34.4 Å². The smallest absolute Gasteiger partial charge is 0.435 e. The number of carbonyl (C=O) groups is 2. The van der Waals surface area contributed by atoms with E-state index in [-0.39, 0.29) is 74.5 Å². The standard InChI is InChI=1S/C28H26F3N7O8S2.C24H21F3N6O5/c1-15-7-23(28(29,30)31)36-38(15)24-22(13-33-27(35-24)34-17-9-18(44-2)11-19(10-17)45-3)16-8-21(26(46-4)32-12-16)25(39)37-48(42,43)20-5-6-47(40,41)14-20;1-12-5-19(24(25,26)27)32-33(12)20-18(13-6-17(22(34)35)21(38-4)28-10-13)11-29-23(31-20)30-14-7-15(36-2)9-16(8-14)37-3/h5,7-13H,6,14H2,1-4H3,(H,37,39)(H,33,34,35);5-11H,1-4H3,(H,34,35)(H,29,30,31). The molecule has 9 rings (SSSR count). The molecule has 0 unspecified atom stereocenters. The third kappa shape index (κ3) is 13.9. The van der Waals surface area contributed by atoms with Crippen molar-refractivity contribution in [2.24, 2.45) is 0 Å². The van der Waals surface area contributed by atoms with Gasteiger partial charge in [-0.2, -0.15) is 46.5 Å². The van der Waals surface area contributed by atoms with Gasteiger partial charge in [-0.3, -0.25) is 4.79 Å². The maximum absolute atomic E-state index is 13.6. The van der Waals surface area contributed by atoms with Crippen LogP contribution < -0.4 is 43.8 Å². The van der Waals surface area contributed by atoms with Crippen molar-refractivity contribution in [3.63, 3.8) is 0 Å². The second-order valence-corrected chi connectivity index (χ2v) is 21.8. The SMILES string of the molecule is COc1cc(Nc2ncc(-c3cnc(OC)c(C(=O)NS(=O)(=O)C4=CCS(=O)(=O)C4)c3)c(-n3nc(C(F)(F)F)cc3C)n2)cc(OC)c1.COc1cc(Nc2ncc(-c3cnc(OC)c(C(=O)O)c3)c(-n3nc(C(F)(F)F)cc3C)n2)cc(OC)c1. The lowest BCUT2D eigenvalue weighted by molar-refractivity contribution is -0.142. The molecule has 7 heterocycles. The summed E-state index contributed by atoms with van der Waals surface area (Å²) in [5.74, 6) is -2.70. The number of hydrogen-bond donors (Lipinski definition) is 4. The number of sulfonamides is 1. The molecule has 0 saturated carbocycles. The number of alkyl halides is 6. The van der Waals surface area contributed by atoms with Gasteiger partial charge in [0, 0.05) is 106 Å². The highest BCUT2D eigenvalue weighted by atomic mass is 32.2. The first-order valence-electron chi connectivity index (χ1n) is 24.4. The highest BCUT2D eigenvalue weighted by Gasteiger charge is 2.37. The molecule has 0 bridgehead atoms. The van der Waals surface area contributed by atoms with Gasteiger partial charge in [0.25, 0.3) is 15.9 Å². The molecule has 0 aliphatic carbocycles. The number of carboxylic acids is 1. The molecule has 0 saturated heterocycles. The topological polar surface area (TPSA) is 327 Å². The number of halogens is 6. The molecule has 26 nitrogen and oxygen atoms in total. The highest BCUT2D eigenvalue weighted by molar-refractivity contribution is 7.98. The Balaban J connectivity index is 0.000000230. The molecule has 8 aromatic rings. The zero-order valence-corrected chi connectivity index (χ0v) is 47.6. The number of sulfone groups is 1. The molecule has 0 atom stereocenters. The van der Waals surface area contributed by atoms with Gasteiger partial charge in [0.1, 0.15) is 34.1 Å². The van der Waals surface area contributed by atoms with Gasteiger partial charge in [0.05, 0.1) is 59.1 Å². The number of ether oxygens (including phenoxy) is 6. The van der Waals surface area contributed by atoms with E-state index in [2.05, 4.69) is 50.7 Å². The maximum Gasteiger partial charge on any atom is 0.435 e. The lowest BCUT2D eigenvalue weighted by Gasteiger charge is -2.15. The minimum absolute atomic E-state index is 0.0162. The summed E-state index contributed by atoms with van der Waals surface area (Å²) in [6.45, 7) is 2.81. The number of amides is 1. The zero-order chi connectivity index (χ0) is 62.6. The monoisotopic (exact) mass is 1240 g/mol. The van der Waals surface area contributed by atoms with Crippen molar-refractivity contribution < 1.29 is 86.3 Å². The van der Waals surface area contributed by atoms with Gasteiger partial charge >= 0.3 is 18.3 Å². The van der Waals surface area contributed by atoms with E-state index in [1.807, 2.05) is 4.72 Å². The second-order valence-electron chi connectivity index (χ2n) is 18.0. The molecule has 0 spiro atoms. The van der Waals surface area contributed by atoms with Crippen LogP contribution in [0.2, 0.25) is 0 Å². The van der Waals surface area contributed by atoms with Gasteiger partial charge in [-0.1, -0.05) is 6.08 Å². The number of rotatable bonds is 18. The van der Waals surface area contributed by atoms with E-state index in [9.17, 15) is 57.9 Å². The molecule has 34 heteroatoms. The van der Waals surface area contributed by atoms with Gasteiger partial charge in [0.2, 0.25) is 23.7 Å². The maximum atomic E-state index is 13.6. The van der Waals surface area contributed by atoms with Gasteiger partial charge in [0.15, 0.2) is 32.9 Å². The molecule has 6 aromatic heterocycles. The van der Waals surface area contributed by atoms with Crippen LogP contribution in [0.25, 0.3) is 33.9 Å². The molecule has 4 N–H and O–H groups in total. The third-order valence-electron chi connectivity index (χ3n) is 12.2. The summed E-state index contributed by atoms with van der Waals surface area (Å²) < 4.78 is 165. The predicted octanol–water partition coefficient (Wildman–Crippen LogP) is 7.71. The Morgan fingerprint density at radius 1 is 0.581 bits per heavy atom. The highest BCUT2D eigenvalue weighted by Crippen LogP contribution is 2.37. The van der Waals surface area contributed by atoms with Crippen LogP contribution in [0.5, 0.6) is 34.8 Å². The van der Waals surface area contributed by atoms with Crippen LogP contribution in [-0.2, 0) is 32.2 Å². The fourth-order valence-corrected chi connectivity index (χ4v) is 11.3. The fraction of sp³-hybridized carbons (Fsp3) is 0.231. The number of carboxylic acid groups (broad SMARTS) is 1. The Morgan fingerprint density at radius 3 is 1.34 bits per heavy atom. The number of aromatic nitrogens is 10. The van der Waals surface area contributed by atoms with Crippen LogP contribution in [0.1, 0.15) is 43.5 Å². The largest absolute Gasteiger partial charge is 0.497 e. The number of pyridine rings is 2. The first-order valence-corrected chi connectivity index (χ1v) is 27.7. The summed E-state index contributed by atoms with van der Waals surface area (Å²) in [4.78, 5) is 50.0. The number of methoxy groups -OCH3 is 6. The number of nitrogens with zero attached hydrogens (tertiary/aromatic N) is 10. The number of benzene rings is 2. The van der Waals surface area contributed by atoms with Gasteiger partial charge in [-0.05, 0) is 38.1 Å². The van der Waals surface area contributed by atoms with Gasteiger partial charge in [-0.15, -0.1) is 0 Å². The van der Waals surface area contributed by atoms with Crippen LogP contribution in [0.4, 0.5) is 49.6 Å². The number of anilines is 4. The van der Waals surface area contributed by atoms with E-state index in [4.69, 9.17) is 28.4 Å². The third-order valence-corrected chi connectivity index (χ3v) is 15.3. The average molecular weight is 1240 g/mol. The Morgan fingerprint density at radius 2 is 0.988 bits per heavy atom. The summed E-state index contributed by atoms with van der Waals surface area (Å²) in [6, 6.07) is 13.9. The van der Waals surface area contributed by atoms with Crippen LogP contribution >= 0.6 is 0 Å². The number of aryl methyl sites for hydroxylation is 2. The minimum atomic E-state index is -4.78. The predicted molar refractivity (Wildman–Crippen MR) is 293 cm³/mol. The van der Waals surface area contributed by atoms with E-state index in [1.54, 1.807) is 36.4 Å². The second kappa shape index (κ2) is 24.6. The van der Waals surface area contributed by atoms with Crippen molar-refractivity contribution >= 4 is 55.0 Å². The molecule has 1 amide bonds. The van der Waals surface area contributed by atoms with E-state index < -0.39 is 77.5 Å². The first kappa shape index (κ1) is 61.9. The van der Waals surface area contributed by atoms with Crippen molar-refractivity contribution in [2.45, 2.75) is 26.2 Å². The summed E-state index contributed by atoms with van der Waals surface area (Å²) in [7, 11) is 0.0552.